The van der Waals surface area contributed by atoms with Gasteiger partial charge in [-0.3, -0.25) is 0 Å². The van der Waals surface area contributed by atoms with E-state index < -0.39 is 0 Å². The lowest BCUT2D eigenvalue weighted by molar-refractivity contribution is 0.317. The van der Waals surface area contributed by atoms with Crippen LogP contribution in [0, 0.1) is 0 Å². The van der Waals surface area contributed by atoms with Crippen molar-refractivity contribution < 1.29 is 4.74 Å². The molecule has 7 nitrogen and oxygen atoms in total. The lowest BCUT2D eigenvalue weighted by atomic mass is 10.2. The average Bonchev–Trinajstić information content (AvgIpc) is 2.99. The summed E-state index contributed by atoms with van der Waals surface area (Å²) in [7, 11) is 1.97. The van der Waals surface area contributed by atoms with Crippen LogP contribution in [0.15, 0.2) is 53.6 Å². The summed E-state index contributed by atoms with van der Waals surface area (Å²) < 4.78 is 7.73. The summed E-state index contributed by atoms with van der Waals surface area (Å²) in [6, 6.07) is 15.8. The number of benzene rings is 2. The molecule has 0 spiro atoms. The summed E-state index contributed by atoms with van der Waals surface area (Å²) in [5, 5.41) is 13.7. The third-order valence-electron chi connectivity index (χ3n) is 4.26. The van der Waals surface area contributed by atoms with Crippen LogP contribution in [0.5, 0.6) is 5.75 Å². The molecule has 4 aromatic rings. The van der Waals surface area contributed by atoms with E-state index in [0.717, 1.165) is 39.8 Å². The molecule has 0 saturated heterocycles. The summed E-state index contributed by atoms with van der Waals surface area (Å²) in [4.78, 5) is 4.55. The van der Waals surface area contributed by atoms with E-state index in [1.165, 1.54) is 0 Å². The third-order valence-corrected chi connectivity index (χ3v) is 4.26. The summed E-state index contributed by atoms with van der Waals surface area (Å²) in [5.41, 5.74) is 6.35. The second-order valence-corrected chi connectivity index (χ2v) is 6.14. The Morgan fingerprint density at radius 3 is 2.81 bits per heavy atom. The molecule has 2 aromatic heterocycles. The van der Waals surface area contributed by atoms with Crippen LogP contribution >= 0.6 is 0 Å². The van der Waals surface area contributed by atoms with E-state index in [-0.39, 0.29) is 0 Å². The van der Waals surface area contributed by atoms with Gasteiger partial charge in [0.25, 0.3) is 5.95 Å². The van der Waals surface area contributed by atoms with Crippen LogP contribution < -0.4 is 10.2 Å². The minimum atomic E-state index is 0.344. The second-order valence-electron chi connectivity index (χ2n) is 6.14. The Morgan fingerprint density at radius 2 is 1.93 bits per heavy atom. The molecule has 0 radical (unpaired) electrons. The predicted molar refractivity (Wildman–Crippen MR) is 107 cm³/mol. The molecule has 0 saturated carbocycles. The fraction of sp³-hybridized carbons (Fsp3) is 0.200. The molecule has 0 aliphatic heterocycles. The maximum absolute atomic E-state index is 5.73. The number of para-hydroxylation sites is 2. The highest BCUT2D eigenvalue weighted by molar-refractivity contribution is 6.04. The van der Waals surface area contributed by atoms with Crippen molar-refractivity contribution in [2.75, 3.05) is 12.0 Å². The molecular weight excluding hydrogens is 340 g/mol. The number of hydrazone groups is 1. The smallest absolute Gasteiger partial charge is 0.265 e. The van der Waals surface area contributed by atoms with E-state index in [1.807, 2.05) is 60.1 Å². The Balaban J connectivity index is 1.59. The van der Waals surface area contributed by atoms with Crippen molar-refractivity contribution in [2.45, 2.75) is 13.3 Å². The van der Waals surface area contributed by atoms with Gasteiger partial charge in [0.15, 0.2) is 5.65 Å². The van der Waals surface area contributed by atoms with Gasteiger partial charge in [0.1, 0.15) is 11.3 Å². The highest BCUT2D eigenvalue weighted by Crippen LogP contribution is 2.24. The van der Waals surface area contributed by atoms with Gasteiger partial charge in [0.2, 0.25) is 0 Å². The largest absolute Gasteiger partial charge is 0.493 e. The Hall–Kier alpha value is -3.48. The van der Waals surface area contributed by atoms with Gasteiger partial charge in [-0.25, -0.2) is 5.43 Å². The molecule has 27 heavy (non-hydrogen) atoms. The zero-order valence-electron chi connectivity index (χ0n) is 15.3. The number of anilines is 1. The first-order valence-corrected chi connectivity index (χ1v) is 8.86. The number of ether oxygens (including phenoxy) is 1. The molecule has 0 bridgehead atoms. The number of nitrogens with one attached hydrogen (secondary N) is 1. The van der Waals surface area contributed by atoms with Crippen LogP contribution in [0.4, 0.5) is 5.95 Å². The lowest BCUT2D eigenvalue weighted by Crippen LogP contribution is -2.02. The van der Waals surface area contributed by atoms with Gasteiger partial charge >= 0.3 is 0 Å². The van der Waals surface area contributed by atoms with Gasteiger partial charge in [-0.15, -0.1) is 10.2 Å². The number of nitrogens with zero attached hydrogens (tertiary/aromatic N) is 5. The van der Waals surface area contributed by atoms with Crippen molar-refractivity contribution in [1.82, 2.24) is 19.7 Å². The fourth-order valence-corrected chi connectivity index (χ4v) is 2.94. The molecule has 0 aliphatic carbocycles. The third kappa shape index (κ3) is 3.31. The number of aromatic nitrogens is 4. The molecule has 0 fully saturated rings. The zero-order valence-corrected chi connectivity index (χ0v) is 15.3. The van der Waals surface area contributed by atoms with Gasteiger partial charge < -0.3 is 9.30 Å². The minimum absolute atomic E-state index is 0.344. The van der Waals surface area contributed by atoms with Gasteiger partial charge in [-0.05, 0) is 24.6 Å². The standard InChI is InChI=1S/C20H20N6O/c1-3-12-27-17-11-7-4-8-14(17)13-21-24-20-22-19-18(23-25-20)15-9-5-6-10-16(15)26(19)2/h4-11,13H,3,12H2,1-2H3,(H,22,24,25)/b21-13-. The van der Waals surface area contributed by atoms with E-state index in [0.29, 0.717) is 12.6 Å². The minimum Gasteiger partial charge on any atom is -0.493 e. The van der Waals surface area contributed by atoms with Gasteiger partial charge in [-0.2, -0.15) is 10.1 Å². The van der Waals surface area contributed by atoms with Crippen LogP contribution in [0.2, 0.25) is 0 Å². The van der Waals surface area contributed by atoms with E-state index in [2.05, 4.69) is 32.6 Å². The SMILES string of the molecule is CCCOc1ccccc1/C=N\Nc1nnc2c3ccccc3n(C)c2n1. The van der Waals surface area contributed by atoms with Crippen LogP contribution in [0.3, 0.4) is 0 Å². The van der Waals surface area contributed by atoms with Crippen LogP contribution in [-0.2, 0) is 7.05 Å². The van der Waals surface area contributed by atoms with Crippen molar-refractivity contribution in [3.8, 4) is 5.75 Å². The maximum atomic E-state index is 5.73. The van der Waals surface area contributed by atoms with Gasteiger partial charge in [0.05, 0.1) is 18.3 Å². The number of hydrogen-bond acceptors (Lipinski definition) is 6. The topological polar surface area (TPSA) is 77.2 Å². The number of rotatable bonds is 6. The Bertz CT molecular complexity index is 1120. The van der Waals surface area contributed by atoms with E-state index in [1.54, 1.807) is 6.21 Å². The van der Waals surface area contributed by atoms with E-state index >= 15 is 0 Å². The van der Waals surface area contributed by atoms with Crippen LogP contribution in [0.25, 0.3) is 22.1 Å². The zero-order chi connectivity index (χ0) is 18.6. The first kappa shape index (κ1) is 17.0. The first-order chi connectivity index (χ1) is 13.3. The van der Waals surface area contributed by atoms with Crippen molar-refractivity contribution in [2.24, 2.45) is 12.1 Å². The quantitative estimate of drug-likeness (QED) is 0.418. The predicted octanol–water partition coefficient (Wildman–Crippen LogP) is 3.75. The fourth-order valence-electron chi connectivity index (χ4n) is 2.94. The summed E-state index contributed by atoms with van der Waals surface area (Å²) >= 11 is 0. The second kappa shape index (κ2) is 7.41. The first-order valence-electron chi connectivity index (χ1n) is 8.86. The molecule has 7 heteroatoms. The Kier molecular flexibility index (Phi) is 4.65. The average molecular weight is 360 g/mol. The van der Waals surface area contributed by atoms with Crippen molar-refractivity contribution in [3.05, 3.63) is 54.1 Å². The van der Waals surface area contributed by atoms with Crippen LogP contribution in [-0.4, -0.2) is 32.6 Å². The van der Waals surface area contributed by atoms with Crippen molar-refractivity contribution in [3.63, 3.8) is 0 Å². The van der Waals surface area contributed by atoms with Gasteiger partial charge in [-0.1, -0.05) is 37.3 Å². The molecule has 0 unspecified atom stereocenters. The maximum Gasteiger partial charge on any atom is 0.265 e. The lowest BCUT2D eigenvalue weighted by Gasteiger charge is -2.07. The molecule has 136 valence electrons. The molecule has 0 atom stereocenters. The monoisotopic (exact) mass is 360 g/mol. The van der Waals surface area contributed by atoms with Crippen molar-refractivity contribution >= 4 is 34.2 Å². The Morgan fingerprint density at radius 1 is 1.11 bits per heavy atom. The van der Waals surface area contributed by atoms with E-state index in [4.69, 9.17) is 4.74 Å². The molecule has 0 amide bonds. The summed E-state index contributed by atoms with van der Waals surface area (Å²) in [6.45, 7) is 2.74. The molecule has 1 N–H and O–H groups in total. The molecule has 0 aliphatic rings. The normalized spacial score (nSPS) is 11.5. The Labute approximate surface area is 156 Å². The highest BCUT2D eigenvalue weighted by atomic mass is 16.5. The molecule has 2 aromatic carbocycles. The van der Waals surface area contributed by atoms with Gasteiger partial charge in [0, 0.05) is 18.0 Å². The van der Waals surface area contributed by atoms with Crippen LogP contribution in [0.1, 0.15) is 18.9 Å². The van der Waals surface area contributed by atoms with E-state index in [9.17, 15) is 0 Å². The number of hydrogen-bond donors (Lipinski definition) is 1. The molecule has 2 heterocycles. The molecular formula is C20H20N6O. The summed E-state index contributed by atoms with van der Waals surface area (Å²) in [5.74, 6) is 1.14. The number of aryl methyl sites for hydroxylation is 1. The highest BCUT2D eigenvalue weighted by Gasteiger charge is 2.11. The summed E-state index contributed by atoms with van der Waals surface area (Å²) in [6.07, 6.45) is 2.65. The number of fused-ring (bicyclic) bond motifs is 3. The van der Waals surface area contributed by atoms with Crippen molar-refractivity contribution in [1.29, 1.82) is 0 Å². The molecule has 4 rings (SSSR count).